The van der Waals surface area contributed by atoms with Crippen molar-refractivity contribution in [2.45, 2.75) is 37.6 Å². The molecule has 1 aliphatic heterocycles. The van der Waals surface area contributed by atoms with Gasteiger partial charge in [0.15, 0.2) is 6.29 Å². The van der Waals surface area contributed by atoms with Gasteiger partial charge in [0.05, 0.1) is 1.37 Å². The average Bonchev–Trinajstić information content (AvgIpc) is 2.19. The lowest BCUT2D eigenvalue weighted by Crippen LogP contribution is -2.57. The van der Waals surface area contributed by atoms with Crippen LogP contribution in [0.1, 0.15) is 8.29 Å². The van der Waals surface area contributed by atoms with E-state index < -0.39 is 36.5 Å². The molecule has 0 aromatic heterocycles. The number of rotatable bonds is 1. The molecule has 6 nitrogen and oxygen atoms in total. The monoisotopic (exact) mass is 207 g/mol. The standard InChI is InChI=1S/C8H14O6/c1-2-3(9)7-5(11)4(10)6(12)8(13)14-7/h2,4-13H,1H3/t4-,5-,6+,7+,8?/m0/s1/i2D. The number of hydrogen-bond acceptors (Lipinski definition) is 6. The highest BCUT2D eigenvalue weighted by atomic mass is 16.6. The maximum atomic E-state index is 9.42. The molecule has 0 amide bonds. The molecule has 1 unspecified atom stereocenters. The van der Waals surface area contributed by atoms with Gasteiger partial charge in [-0.25, -0.2) is 0 Å². The molecule has 1 aliphatic rings. The van der Waals surface area contributed by atoms with Crippen molar-refractivity contribution in [3.8, 4) is 0 Å². The van der Waals surface area contributed by atoms with Gasteiger partial charge in [-0.05, 0) is 13.0 Å². The molecule has 0 spiro atoms. The second-order valence-electron chi connectivity index (χ2n) is 3.05. The van der Waals surface area contributed by atoms with Crippen LogP contribution in [0.4, 0.5) is 0 Å². The number of hydrogen-bond donors (Lipinski definition) is 5. The SMILES string of the molecule is [2H]C(C)=C(O)[C@H]1OC(O)[C@H](O)[C@@H](O)[C@@H]1O. The lowest BCUT2D eigenvalue weighted by atomic mass is 9.98. The molecule has 0 aromatic rings. The topological polar surface area (TPSA) is 110 Å². The molecular weight excluding hydrogens is 192 g/mol. The van der Waals surface area contributed by atoms with E-state index in [1.165, 1.54) is 6.92 Å². The van der Waals surface area contributed by atoms with Crippen molar-refractivity contribution in [1.82, 2.24) is 0 Å². The summed E-state index contributed by atoms with van der Waals surface area (Å²) in [4.78, 5) is 0. The maximum Gasteiger partial charge on any atom is 0.184 e. The number of allylic oxidation sites excluding steroid dienone is 1. The lowest BCUT2D eigenvalue weighted by molar-refractivity contribution is -0.278. The minimum Gasteiger partial charge on any atom is -0.510 e. The van der Waals surface area contributed by atoms with Gasteiger partial charge in [-0.15, -0.1) is 0 Å². The summed E-state index contributed by atoms with van der Waals surface area (Å²) >= 11 is 0. The van der Waals surface area contributed by atoms with Gasteiger partial charge in [0.2, 0.25) is 0 Å². The Morgan fingerprint density at radius 1 is 1.21 bits per heavy atom. The van der Waals surface area contributed by atoms with E-state index in [9.17, 15) is 15.3 Å². The fourth-order valence-corrected chi connectivity index (χ4v) is 1.23. The van der Waals surface area contributed by atoms with Crippen LogP contribution in [0.25, 0.3) is 0 Å². The van der Waals surface area contributed by atoms with E-state index >= 15 is 0 Å². The third kappa shape index (κ3) is 1.89. The van der Waals surface area contributed by atoms with Crippen LogP contribution in [0, 0.1) is 0 Å². The highest BCUT2D eigenvalue weighted by molar-refractivity contribution is 5.05. The number of ether oxygens (including phenoxy) is 1. The zero-order chi connectivity index (χ0) is 11.7. The molecule has 1 rings (SSSR count). The fraction of sp³-hybridized carbons (Fsp3) is 0.750. The van der Waals surface area contributed by atoms with E-state index in [1.54, 1.807) is 0 Å². The molecule has 14 heavy (non-hydrogen) atoms. The summed E-state index contributed by atoms with van der Waals surface area (Å²) in [5.41, 5.74) is 0. The Balaban J connectivity index is 2.89. The third-order valence-electron chi connectivity index (χ3n) is 2.11. The van der Waals surface area contributed by atoms with E-state index in [1.807, 2.05) is 0 Å². The van der Waals surface area contributed by atoms with Gasteiger partial charge >= 0.3 is 0 Å². The van der Waals surface area contributed by atoms with E-state index in [-0.39, 0.29) is 6.05 Å². The molecule has 0 aliphatic carbocycles. The molecule has 5 atom stereocenters. The molecule has 0 radical (unpaired) electrons. The number of aliphatic hydroxyl groups excluding tert-OH is 5. The van der Waals surface area contributed by atoms with Crippen LogP contribution in [0.2, 0.25) is 0 Å². The zero-order valence-electron chi connectivity index (χ0n) is 8.53. The smallest absolute Gasteiger partial charge is 0.184 e. The number of aliphatic hydroxyl groups is 5. The quantitative estimate of drug-likeness (QED) is 0.326. The first-order chi connectivity index (χ1) is 6.86. The molecule has 1 fully saturated rings. The normalized spacial score (nSPS) is 46.9. The summed E-state index contributed by atoms with van der Waals surface area (Å²) < 4.78 is 11.8. The van der Waals surface area contributed by atoms with Gasteiger partial charge in [0, 0.05) is 0 Å². The Hall–Kier alpha value is -0.660. The Labute approximate surface area is 82.1 Å². The van der Waals surface area contributed by atoms with Crippen molar-refractivity contribution in [2.75, 3.05) is 0 Å². The summed E-state index contributed by atoms with van der Waals surface area (Å²) in [6.45, 7) is 1.26. The summed E-state index contributed by atoms with van der Waals surface area (Å²) in [5.74, 6) is -0.590. The van der Waals surface area contributed by atoms with Crippen molar-refractivity contribution in [1.29, 1.82) is 0 Å². The van der Waals surface area contributed by atoms with Gasteiger partial charge in [-0.2, -0.15) is 0 Å². The fourth-order valence-electron chi connectivity index (χ4n) is 1.23. The van der Waals surface area contributed by atoms with Crippen LogP contribution >= 0.6 is 0 Å². The average molecular weight is 207 g/mol. The Kier molecular flexibility index (Phi) is 2.99. The minimum atomic E-state index is -1.71. The van der Waals surface area contributed by atoms with E-state index in [2.05, 4.69) is 4.74 Å². The second kappa shape index (κ2) is 4.24. The van der Waals surface area contributed by atoms with Crippen LogP contribution < -0.4 is 0 Å². The predicted molar refractivity (Wildman–Crippen MR) is 45.3 cm³/mol. The maximum absolute atomic E-state index is 9.42. The van der Waals surface area contributed by atoms with Crippen molar-refractivity contribution < 1.29 is 31.6 Å². The van der Waals surface area contributed by atoms with Gasteiger partial charge < -0.3 is 30.3 Å². The first kappa shape index (κ1) is 9.88. The van der Waals surface area contributed by atoms with Crippen molar-refractivity contribution in [3.63, 3.8) is 0 Å². The summed E-state index contributed by atoms with van der Waals surface area (Å²) in [6.07, 6.45) is -8.00. The van der Waals surface area contributed by atoms with Crippen LogP contribution in [-0.2, 0) is 4.74 Å². The largest absolute Gasteiger partial charge is 0.510 e. The third-order valence-corrected chi connectivity index (χ3v) is 2.11. The Bertz CT molecular complexity index is 264. The molecule has 0 saturated carbocycles. The molecule has 5 N–H and O–H groups in total. The predicted octanol–water partition coefficient (Wildman–Crippen LogP) is -1.75. The van der Waals surface area contributed by atoms with Crippen LogP contribution in [0.15, 0.2) is 11.8 Å². The van der Waals surface area contributed by atoms with Crippen molar-refractivity contribution in [2.24, 2.45) is 0 Å². The molecule has 1 saturated heterocycles. The molecule has 6 heteroatoms. The van der Waals surface area contributed by atoms with E-state index in [4.69, 9.17) is 11.6 Å². The first-order valence-corrected chi connectivity index (χ1v) is 4.10. The Morgan fingerprint density at radius 2 is 1.79 bits per heavy atom. The first-order valence-electron chi connectivity index (χ1n) is 4.60. The van der Waals surface area contributed by atoms with Crippen LogP contribution in [-0.4, -0.2) is 56.2 Å². The zero-order valence-corrected chi connectivity index (χ0v) is 7.53. The highest BCUT2D eigenvalue weighted by Crippen LogP contribution is 2.23. The molecule has 0 bridgehead atoms. The van der Waals surface area contributed by atoms with Crippen molar-refractivity contribution in [3.05, 3.63) is 11.8 Å². The highest BCUT2D eigenvalue weighted by Gasteiger charge is 2.44. The Morgan fingerprint density at radius 3 is 2.29 bits per heavy atom. The molecule has 82 valence electrons. The molecular formula is C8H14O6. The molecule has 0 aromatic carbocycles. The second-order valence-corrected chi connectivity index (χ2v) is 3.05. The van der Waals surface area contributed by atoms with Gasteiger partial charge in [0.25, 0.3) is 0 Å². The summed E-state index contributed by atoms with van der Waals surface area (Å²) in [5, 5.41) is 46.3. The summed E-state index contributed by atoms with van der Waals surface area (Å²) in [7, 11) is 0. The van der Waals surface area contributed by atoms with E-state index in [0.717, 1.165) is 0 Å². The summed E-state index contributed by atoms with van der Waals surface area (Å²) in [6, 6.07) is -0.255. The van der Waals surface area contributed by atoms with Gasteiger partial charge in [-0.1, -0.05) is 0 Å². The van der Waals surface area contributed by atoms with Gasteiger partial charge in [-0.3, -0.25) is 0 Å². The lowest BCUT2D eigenvalue weighted by Gasteiger charge is -2.37. The van der Waals surface area contributed by atoms with Crippen LogP contribution in [0.3, 0.4) is 0 Å². The van der Waals surface area contributed by atoms with Crippen molar-refractivity contribution >= 4 is 0 Å². The minimum absolute atomic E-state index is 0.255. The van der Waals surface area contributed by atoms with Crippen LogP contribution in [0.5, 0.6) is 0 Å². The molecule has 1 heterocycles. The van der Waals surface area contributed by atoms with E-state index in [0.29, 0.717) is 0 Å². The van der Waals surface area contributed by atoms with Gasteiger partial charge in [0.1, 0.15) is 30.2 Å².